The number of nitrogens with two attached hydrogens (primary N) is 1. The highest BCUT2D eigenvalue weighted by molar-refractivity contribution is 6.32. The fraction of sp³-hybridized carbons (Fsp3) is 0.219. The quantitative estimate of drug-likeness (QED) is 0.229. The maximum absolute atomic E-state index is 13.2. The molecule has 0 saturated heterocycles. The molecule has 7 nitrogen and oxygen atoms in total. The van der Waals surface area contributed by atoms with Crippen LogP contribution in [0.2, 0.25) is 5.02 Å². The monoisotopic (exact) mass is 552 g/mol. The Hall–Kier alpha value is -4.54. The standard InChI is InChI=1S/C32H33ClN6O/c1-21-8-11-25(18-23(21)10-9-22-17-27(33)30(34)36-20-22)37-31(40)38-29(14-15-32(2,3)4)39(5)26-12-13-28-24(19-26)7-6-16-35-28/h6-8,11-14,16-20H,15H2,1-5H3,(H2,34,36)(H2,37,38,40)/b29-14-. The van der Waals surface area contributed by atoms with E-state index in [0.717, 1.165) is 34.1 Å². The number of rotatable bonds is 5. The van der Waals surface area contributed by atoms with Gasteiger partial charge in [-0.2, -0.15) is 0 Å². The number of amides is 2. The van der Waals surface area contributed by atoms with Gasteiger partial charge in [-0.3, -0.25) is 10.3 Å². The molecule has 0 aliphatic carbocycles. The van der Waals surface area contributed by atoms with Gasteiger partial charge < -0.3 is 16.0 Å². The Morgan fingerprint density at radius 1 is 1.10 bits per heavy atom. The maximum atomic E-state index is 13.2. The van der Waals surface area contributed by atoms with Crippen LogP contribution in [0.3, 0.4) is 0 Å². The normalized spacial score (nSPS) is 11.5. The van der Waals surface area contributed by atoms with Crippen LogP contribution in [0.15, 0.2) is 78.9 Å². The highest BCUT2D eigenvalue weighted by Crippen LogP contribution is 2.25. The molecule has 4 rings (SSSR count). The van der Waals surface area contributed by atoms with Gasteiger partial charge in [0.25, 0.3) is 0 Å². The van der Waals surface area contributed by atoms with E-state index in [2.05, 4.69) is 59.3 Å². The third-order valence-corrected chi connectivity index (χ3v) is 6.49. The maximum Gasteiger partial charge on any atom is 0.324 e. The van der Waals surface area contributed by atoms with Gasteiger partial charge in [0.15, 0.2) is 0 Å². The molecule has 0 spiro atoms. The minimum absolute atomic E-state index is 0.0479. The number of hydrogen-bond acceptors (Lipinski definition) is 5. The van der Waals surface area contributed by atoms with Crippen LogP contribution in [0, 0.1) is 24.2 Å². The van der Waals surface area contributed by atoms with Gasteiger partial charge in [0.05, 0.1) is 10.5 Å². The molecule has 0 unspecified atom stereocenters. The van der Waals surface area contributed by atoms with Crippen LogP contribution in [0.5, 0.6) is 0 Å². The second-order valence-corrected chi connectivity index (χ2v) is 11.2. The minimum atomic E-state index is -0.355. The lowest BCUT2D eigenvalue weighted by Gasteiger charge is -2.25. The number of carbonyl (C=O) groups excluding carboxylic acids is 1. The number of hydrogen-bond donors (Lipinski definition) is 3. The first-order chi connectivity index (χ1) is 19.0. The number of carbonyl (C=O) groups is 1. The van der Waals surface area contributed by atoms with E-state index >= 15 is 0 Å². The average Bonchev–Trinajstić information content (AvgIpc) is 2.92. The van der Waals surface area contributed by atoms with E-state index < -0.39 is 0 Å². The van der Waals surface area contributed by atoms with Crippen molar-refractivity contribution in [2.75, 3.05) is 23.0 Å². The SMILES string of the molecule is Cc1ccc(NC(=O)N/C(=C/CC(C)(C)C)N(C)c2ccc3ncccc3c2)cc1C#Cc1cnc(N)c(Cl)c1. The highest BCUT2D eigenvalue weighted by atomic mass is 35.5. The zero-order valence-corrected chi connectivity index (χ0v) is 24.1. The van der Waals surface area contributed by atoms with Crippen molar-refractivity contribution in [3.05, 3.63) is 101 Å². The molecule has 8 heteroatoms. The number of nitrogens with zero attached hydrogens (tertiary/aromatic N) is 3. The van der Waals surface area contributed by atoms with E-state index in [4.69, 9.17) is 17.3 Å². The summed E-state index contributed by atoms with van der Waals surface area (Å²) in [6, 6.07) is 16.9. The van der Waals surface area contributed by atoms with Gasteiger partial charge in [0, 0.05) is 47.3 Å². The van der Waals surface area contributed by atoms with Crippen molar-refractivity contribution in [3.8, 4) is 11.8 Å². The average molecular weight is 553 g/mol. The number of halogens is 1. The van der Waals surface area contributed by atoms with Crippen LogP contribution in [-0.4, -0.2) is 23.0 Å². The van der Waals surface area contributed by atoms with Crippen LogP contribution in [0.1, 0.15) is 43.9 Å². The number of fused-ring (bicyclic) bond motifs is 1. The summed E-state index contributed by atoms with van der Waals surface area (Å²) < 4.78 is 0. The largest absolute Gasteiger partial charge is 0.382 e. The van der Waals surface area contributed by atoms with Crippen LogP contribution in [0.4, 0.5) is 22.0 Å². The highest BCUT2D eigenvalue weighted by Gasteiger charge is 2.15. The molecular weight excluding hydrogens is 520 g/mol. The molecule has 0 fully saturated rings. The second-order valence-electron chi connectivity index (χ2n) is 10.7. The molecule has 2 amide bonds. The van der Waals surface area contributed by atoms with E-state index in [-0.39, 0.29) is 17.3 Å². The fourth-order valence-electron chi connectivity index (χ4n) is 3.85. The summed E-state index contributed by atoms with van der Waals surface area (Å²) in [4.78, 5) is 23.6. The zero-order valence-electron chi connectivity index (χ0n) is 23.3. The lowest BCUT2D eigenvalue weighted by atomic mass is 9.92. The van der Waals surface area contributed by atoms with Crippen molar-refractivity contribution in [1.29, 1.82) is 0 Å². The summed E-state index contributed by atoms with van der Waals surface area (Å²) in [5.41, 5.74) is 10.6. The molecule has 4 N–H and O–H groups in total. The molecule has 2 heterocycles. The summed E-state index contributed by atoms with van der Waals surface area (Å²) >= 11 is 6.06. The number of nitrogen functional groups attached to an aromatic ring is 1. The molecular formula is C32H33ClN6O. The third-order valence-electron chi connectivity index (χ3n) is 6.19. The Morgan fingerprint density at radius 3 is 2.65 bits per heavy atom. The predicted octanol–water partition coefficient (Wildman–Crippen LogP) is 7.11. The molecule has 40 heavy (non-hydrogen) atoms. The van der Waals surface area contributed by atoms with E-state index in [9.17, 15) is 4.79 Å². The molecule has 0 bridgehead atoms. The summed E-state index contributed by atoms with van der Waals surface area (Å²) in [6.45, 7) is 8.44. The smallest absolute Gasteiger partial charge is 0.324 e. The Morgan fingerprint density at radius 2 is 1.90 bits per heavy atom. The molecule has 2 aromatic heterocycles. The van der Waals surface area contributed by atoms with Crippen LogP contribution in [-0.2, 0) is 0 Å². The van der Waals surface area contributed by atoms with Gasteiger partial charge in [-0.25, -0.2) is 9.78 Å². The number of aromatic nitrogens is 2. The fourth-order valence-corrected chi connectivity index (χ4v) is 4.02. The predicted molar refractivity (Wildman–Crippen MR) is 165 cm³/mol. The topological polar surface area (TPSA) is 96.2 Å². The van der Waals surface area contributed by atoms with Crippen LogP contribution >= 0.6 is 11.6 Å². The Labute approximate surface area is 240 Å². The second kappa shape index (κ2) is 12.1. The first kappa shape index (κ1) is 28.5. The summed E-state index contributed by atoms with van der Waals surface area (Å²) in [7, 11) is 1.93. The molecule has 2 aromatic carbocycles. The van der Waals surface area contributed by atoms with E-state index in [1.807, 2.05) is 67.4 Å². The molecule has 204 valence electrons. The van der Waals surface area contributed by atoms with Crippen molar-refractivity contribution in [2.45, 2.75) is 34.1 Å². The van der Waals surface area contributed by atoms with Gasteiger partial charge in [-0.1, -0.05) is 56.3 Å². The molecule has 0 saturated carbocycles. The molecule has 0 aliphatic heterocycles. The van der Waals surface area contributed by atoms with Gasteiger partial charge in [-0.15, -0.1) is 0 Å². The number of allylic oxidation sites excluding steroid dienone is 1. The van der Waals surface area contributed by atoms with Crippen molar-refractivity contribution >= 4 is 45.7 Å². The van der Waals surface area contributed by atoms with Crippen molar-refractivity contribution in [2.24, 2.45) is 5.41 Å². The Kier molecular flexibility index (Phi) is 8.61. The van der Waals surface area contributed by atoms with E-state index in [0.29, 0.717) is 22.1 Å². The van der Waals surface area contributed by atoms with Crippen molar-refractivity contribution < 1.29 is 4.79 Å². The van der Waals surface area contributed by atoms with Gasteiger partial charge in [-0.05, 0) is 72.9 Å². The van der Waals surface area contributed by atoms with Crippen molar-refractivity contribution in [1.82, 2.24) is 15.3 Å². The molecule has 4 aromatic rings. The summed E-state index contributed by atoms with van der Waals surface area (Å²) in [6.07, 6.45) is 6.17. The Bertz CT molecular complexity index is 1650. The van der Waals surface area contributed by atoms with Gasteiger partial charge in [0.1, 0.15) is 11.6 Å². The lowest BCUT2D eigenvalue weighted by molar-refractivity contribution is 0.254. The minimum Gasteiger partial charge on any atom is -0.382 e. The van der Waals surface area contributed by atoms with Crippen LogP contribution in [0.25, 0.3) is 10.9 Å². The number of pyridine rings is 2. The number of aryl methyl sites for hydroxylation is 1. The first-order valence-corrected chi connectivity index (χ1v) is 13.3. The summed E-state index contributed by atoms with van der Waals surface area (Å²) in [5, 5.41) is 7.36. The van der Waals surface area contributed by atoms with Crippen LogP contribution < -0.4 is 21.3 Å². The van der Waals surface area contributed by atoms with E-state index in [1.54, 1.807) is 18.5 Å². The number of anilines is 3. The zero-order chi connectivity index (χ0) is 28.9. The number of urea groups is 1. The first-order valence-electron chi connectivity index (χ1n) is 12.9. The molecule has 0 aliphatic rings. The molecule has 0 radical (unpaired) electrons. The Balaban J connectivity index is 1.54. The van der Waals surface area contributed by atoms with Gasteiger partial charge >= 0.3 is 6.03 Å². The van der Waals surface area contributed by atoms with E-state index in [1.165, 1.54) is 0 Å². The molecule has 0 atom stereocenters. The lowest BCUT2D eigenvalue weighted by Crippen LogP contribution is -2.36. The van der Waals surface area contributed by atoms with Crippen molar-refractivity contribution in [3.63, 3.8) is 0 Å². The number of benzene rings is 2. The van der Waals surface area contributed by atoms with Gasteiger partial charge in [0.2, 0.25) is 0 Å². The summed E-state index contributed by atoms with van der Waals surface area (Å²) in [5.74, 6) is 7.13. The number of nitrogens with one attached hydrogen (secondary N) is 2. The third kappa shape index (κ3) is 7.52.